The molecule has 0 bridgehead atoms. The monoisotopic (exact) mass is 557 g/mol. The first-order valence-electron chi connectivity index (χ1n) is 12.3. The van der Waals surface area contributed by atoms with Crippen molar-refractivity contribution < 1.29 is 40.6 Å². The predicted molar refractivity (Wildman–Crippen MR) is 130 cm³/mol. The van der Waals surface area contributed by atoms with Crippen molar-refractivity contribution in [1.82, 2.24) is 16.0 Å². The maximum absolute atomic E-state index is 13.4. The number of rotatable bonds is 7. The number of alkyl halides is 6. The van der Waals surface area contributed by atoms with Gasteiger partial charge in [0, 0.05) is 19.7 Å². The van der Waals surface area contributed by atoms with Crippen LogP contribution in [0.15, 0.2) is 60.5 Å². The van der Waals surface area contributed by atoms with Gasteiger partial charge in [0.05, 0.1) is 29.4 Å². The molecule has 0 aliphatic carbocycles. The molecule has 2 aliphatic rings. The summed E-state index contributed by atoms with van der Waals surface area (Å²) >= 11 is 0. The highest BCUT2D eigenvalue weighted by molar-refractivity contribution is 5.74. The average Bonchev–Trinajstić information content (AvgIpc) is 3.43. The molecule has 2 aromatic rings. The Bertz CT molecular complexity index is 1170. The summed E-state index contributed by atoms with van der Waals surface area (Å²) in [6.07, 6.45) is -8.45. The number of benzene rings is 2. The number of halogens is 6. The molecule has 6 nitrogen and oxygen atoms in total. The molecule has 2 aliphatic heterocycles. The summed E-state index contributed by atoms with van der Waals surface area (Å²) in [5, 5.41) is 9.38. The van der Waals surface area contributed by atoms with E-state index in [-0.39, 0.29) is 37.4 Å². The van der Waals surface area contributed by atoms with Gasteiger partial charge in [0.1, 0.15) is 11.3 Å². The van der Waals surface area contributed by atoms with Crippen molar-refractivity contribution in [3.05, 3.63) is 82.7 Å². The van der Waals surface area contributed by atoms with Crippen LogP contribution in [-0.2, 0) is 32.2 Å². The largest absolute Gasteiger partial charge is 0.474 e. The highest BCUT2D eigenvalue weighted by Crippen LogP contribution is 2.41. The SMILES string of the molecule is CC(=O)N[C@@]1(C2=CNCO2)CC[C@@](CO[C@H](C)c2cc(C(F)(F)F)cc(C(F)(F)F)c2)(c2ccccc2)NC1. The van der Waals surface area contributed by atoms with Crippen LogP contribution in [0.3, 0.4) is 0 Å². The lowest BCUT2D eigenvalue weighted by atomic mass is 9.75. The van der Waals surface area contributed by atoms with Crippen LogP contribution >= 0.6 is 0 Å². The Morgan fingerprint density at radius 2 is 1.69 bits per heavy atom. The van der Waals surface area contributed by atoms with Crippen LogP contribution in [0.4, 0.5) is 26.3 Å². The van der Waals surface area contributed by atoms with Gasteiger partial charge in [-0.2, -0.15) is 26.3 Å². The van der Waals surface area contributed by atoms with Crippen LogP contribution in [0, 0.1) is 0 Å². The number of hydrogen-bond acceptors (Lipinski definition) is 5. The number of hydrogen-bond donors (Lipinski definition) is 3. The van der Waals surface area contributed by atoms with Crippen molar-refractivity contribution in [2.45, 2.75) is 56.2 Å². The summed E-state index contributed by atoms with van der Waals surface area (Å²) < 4.78 is 92.0. The summed E-state index contributed by atoms with van der Waals surface area (Å²) in [7, 11) is 0. The summed E-state index contributed by atoms with van der Waals surface area (Å²) in [6.45, 7) is 3.27. The van der Waals surface area contributed by atoms with Crippen molar-refractivity contribution in [2.75, 3.05) is 19.9 Å². The molecule has 2 aromatic carbocycles. The van der Waals surface area contributed by atoms with E-state index in [1.807, 2.05) is 30.3 Å². The summed E-state index contributed by atoms with van der Waals surface area (Å²) in [6, 6.07) is 10.7. The molecule has 0 spiro atoms. The van der Waals surface area contributed by atoms with E-state index in [9.17, 15) is 31.1 Å². The number of carbonyl (C=O) groups excluding carboxylic acids is 1. The van der Waals surface area contributed by atoms with E-state index < -0.39 is 40.7 Å². The van der Waals surface area contributed by atoms with Crippen LogP contribution in [0.5, 0.6) is 0 Å². The third-order valence-electron chi connectivity index (χ3n) is 7.12. The third-order valence-corrected chi connectivity index (χ3v) is 7.12. The molecule has 3 atom stereocenters. The van der Waals surface area contributed by atoms with Crippen LogP contribution in [0.1, 0.15) is 55.0 Å². The first-order valence-corrected chi connectivity index (χ1v) is 12.3. The Hall–Kier alpha value is -3.25. The van der Waals surface area contributed by atoms with Gasteiger partial charge in [0.15, 0.2) is 6.73 Å². The molecular formula is C27H29F6N3O3. The van der Waals surface area contributed by atoms with Crippen molar-refractivity contribution in [1.29, 1.82) is 0 Å². The first kappa shape index (κ1) is 28.8. The normalized spacial score (nSPS) is 24.4. The van der Waals surface area contributed by atoms with Crippen LogP contribution in [0.2, 0.25) is 0 Å². The van der Waals surface area contributed by atoms with E-state index >= 15 is 0 Å². The van der Waals surface area contributed by atoms with E-state index in [1.54, 1.807) is 6.20 Å². The Balaban J connectivity index is 1.61. The number of nitrogens with one attached hydrogen (secondary N) is 3. The lowest BCUT2D eigenvalue weighted by Gasteiger charge is -2.47. The van der Waals surface area contributed by atoms with Crippen LogP contribution in [0.25, 0.3) is 0 Å². The van der Waals surface area contributed by atoms with Crippen molar-refractivity contribution >= 4 is 5.91 Å². The van der Waals surface area contributed by atoms with Gasteiger partial charge in [0.2, 0.25) is 5.91 Å². The molecule has 0 unspecified atom stereocenters. The molecule has 2 heterocycles. The summed E-state index contributed by atoms with van der Waals surface area (Å²) in [4.78, 5) is 12.0. The molecule has 1 amide bonds. The van der Waals surface area contributed by atoms with Crippen molar-refractivity contribution in [3.8, 4) is 0 Å². The molecule has 212 valence electrons. The Labute approximate surface area is 221 Å². The molecule has 3 N–H and O–H groups in total. The average molecular weight is 558 g/mol. The molecule has 1 saturated heterocycles. The van der Waals surface area contributed by atoms with Gasteiger partial charge in [-0.25, -0.2) is 0 Å². The molecule has 1 fully saturated rings. The molecular weight excluding hydrogens is 528 g/mol. The predicted octanol–water partition coefficient (Wildman–Crippen LogP) is 5.37. The van der Waals surface area contributed by atoms with Gasteiger partial charge < -0.3 is 25.4 Å². The van der Waals surface area contributed by atoms with E-state index in [4.69, 9.17) is 9.47 Å². The van der Waals surface area contributed by atoms with E-state index in [1.165, 1.54) is 13.8 Å². The van der Waals surface area contributed by atoms with Gasteiger partial charge in [-0.1, -0.05) is 30.3 Å². The Morgan fingerprint density at radius 1 is 1.05 bits per heavy atom. The fourth-order valence-corrected chi connectivity index (χ4v) is 5.00. The summed E-state index contributed by atoms with van der Waals surface area (Å²) in [5.41, 5.74) is -3.88. The lowest BCUT2D eigenvalue weighted by Crippen LogP contribution is -2.65. The maximum atomic E-state index is 13.4. The van der Waals surface area contributed by atoms with Gasteiger partial charge in [0.25, 0.3) is 0 Å². The zero-order chi connectivity index (χ0) is 28.5. The Morgan fingerprint density at radius 3 is 2.18 bits per heavy atom. The lowest BCUT2D eigenvalue weighted by molar-refractivity contribution is -0.143. The van der Waals surface area contributed by atoms with Gasteiger partial charge in [-0.05, 0) is 49.1 Å². The molecule has 4 rings (SSSR count). The van der Waals surface area contributed by atoms with E-state index in [0.29, 0.717) is 30.7 Å². The number of ether oxygens (including phenoxy) is 2. The van der Waals surface area contributed by atoms with Crippen molar-refractivity contribution in [3.63, 3.8) is 0 Å². The highest BCUT2D eigenvalue weighted by atomic mass is 19.4. The fourth-order valence-electron chi connectivity index (χ4n) is 5.00. The standard InChI is InChI=1S/C27H29F6N3O3/c1-17(19-10-21(26(28,29)30)12-22(11-19)27(31,32)33)38-15-25(20-6-4-3-5-7-20)9-8-24(14-35-25,36-18(2)37)23-13-34-16-39-23/h3-7,10-13,17,34-35H,8-9,14-16H2,1-2H3,(H,36,37)/t17-,24+,25-/m1/s1. The molecule has 0 radical (unpaired) electrons. The summed E-state index contributed by atoms with van der Waals surface area (Å²) in [5.74, 6) is 0.306. The first-order chi connectivity index (χ1) is 18.2. The van der Waals surface area contributed by atoms with Crippen LogP contribution < -0.4 is 16.0 Å². The third kappa shape index (κ3) is 6.33. The Kier molecular flexibility index (Phi) is 7.91. The molecule has 0 aromatic heterocycles. The van der Waals surface area contributed by atoms with Gasteiger partial charge in [-0.15, -0.1) is 0 Å². The second kappa shape index (κ2) is 10.7. The topological polar surface area (TPSA) is 71.6 Å². The minimum Gasteiger partial charge on any atom is -0.474 e. The highest BCUT2D eigenvalue weighted by Gasteiger charge is 2.48. The fraction of sp³-hybridized carbons (Fsp3) is 0.444. The smallest absolute Gasteiger partial charge is 0.416 e. The maximum Gasteiger partial charge on any atom is 0.416 e. The van der Waals surface area contributed by atoms with E-state index in [0.717, 1.165) is 5.56 Å². The number of carbonyl (C=O) groups is 1. The van der Waals surface area contributed by atoms with Crippen molar-refractivity contribution in [2.24, 2.45) is 0 Å². The molecule has 0 saturated carbocycles. The minimum atomic E-state index is -4.95. The van der Waals surface area contributed by atoms with Gasteiger partial charge in [-0.3, -0.25) is 4.79 Å². The zero-order valence-electron chi connectivity index (χ0n) is 21.3. The second-order valence-corrected chi connectivity index (χ2v) is 9.86. The molecule has 39 heavy (non-hydrogen) atoms. The minimum absolute atomic E-state index is 0.0515. The quantitative estimate of drug-likeness (QED) is 0.399. The molecule has 12 heteroatoms. The number of piperidine rings is 1. The van der Waals surface area contributed by atoms with Gasteiger partial charge >= 0.3 is 12.4 Å². The van der Waals surface area contributed by atoms with E-state index in [2.05, 4.69) is 16.0 Å². The second-order valence-electron chi connectivity index (χ2n) is 9.86. The number of amides is 1. The van der Waals surface area contributed by atoms with Crippen LogP contribution in [-0.4, -0.2) is 31.3 Å². The zero-order valence-corrected chi connectivity index (χ0v) is 21.3.